The van der Waals surface area contributed by atoms with Gasteiger partial charge in [0.15, 0.2) is 0 Å². The van der Waals surface area contributed by atoms with Crippen LogP contribution in [-0.2, 0) is 6.54 Å². The van der Waals surface area contributed by atoms with Gasteiger partial charge in [0.05, 0.1) is 0 Å². The molecule has 1 heteroatoms. The molecule has 1 aliphatic rings. The van der Waals surface area contributed by atoms with Crippen LogP contribution in [0.2, 0.25) is 0 Å². The van der Waals surface area contributed by atoms with Crippen molar-refractivity contribution in [2.45, 2.75) is 40.2 Å². The molecule has 1 fully saturated rings. The fourth-order valence-electron chi connectivity index (χ4n) is 2.29. The van der Waals surface area contributed by atoms with E-state index in [1.807, 2.05) is 13.8 Å². The first-order chi connectivity index (χ1) is 9.83. The lowest BCUT2D eigenvalue weighted by Gasteiger charge is -2.08. The predicted octanol–water partition coefficient (Wildman–Crippen LogP) is 5.40. The summed E-state index contributed by atoms with van der Waals surface area (Å²) in [4.78, 5) is 0. The summed E-state index contributed by atoms with van der Waals surface area (Å²) in [6.45, 7) is 7.38. The Morgan fingerprint density at radius 2 is 1.70 bits per heavy atom. The third-order valence-corrected chi connectivity index (χ3v) is 3.62. The zero-order valence-corrected chi connectivity index (χ0v) is 12.8. The Morgan fingerprint density at radius 1 is 1.00 bits per heavy atom. The van der Waals surface area contributed by atoms with E-state index < -0.39 is 0 Å². The molecule has 0 bridgehead atoms. The lowest BCUT2D eigenvalue weighted by Crippen LogP contribution is -2.03. The van der Waals surface area contributed by atoms with Gasteiger partial charge in [-0.25, -0.2) is 0 Å². The molecule has 20 heavy (non-hydrogen) atoms. The molecule has 0 N–H and O–H groups in total. The van der Waals surface area contributed by atoms with Crippen LogP contribution in [0.3, 0.4) is 0 Å². The van der Waals surface area contributed by atoms with Gasteiger partial charge in [-0.05, 0) is 49.5 Å². The molecule has 0 atom stereocenters. The summed E-state index contributed by atoms with van der Waals surface area (Å²) in [7, 11) is 0. The van der Waals surface area contributed by atoms with Gasteiger partial charge in [0.1, 0.15) is 0 Å². The summed E-state index contributed by atoms with van der Waals surface area (Å²) in [5, 5.41) is 0. The molecule has 1 aliphatic carbocycles. The van der Waals surface area contributed by atoms with Crippen molar-refractivity contribution in [1.82, 2.24) is 4.57 Å². The number of hydrogen-bond acceptors (Lipinski definition) is 0. The number of aryl methyl sites for hydroxylation is 1. The molecule has 0 radical (unpaired) electrons. The summed E-state index contributed by atoms with van der Waals surface area (Å²) in [5.41, 5.74) is 3.95. The van der Waals surface area contributed by atoms with Gasteiger partial charge in [0.2, 0.25) is 0 Å². The zero-order valence-electron chi connectivity index (χ0n) is 12.8. The molecule has 3 rings (SSSR count). The van der Waals surface area contributed by atoms with Gasteiger partial charge in [0.25, 0.3) is 0 Å². The second-order valence-electron chi connectivity index (χ2n) is 5.20. The SMILES string of the molecule is CC.Cc1ccc(/C=C/c2ccccc2)n1CC1CC1. The van der Waals surface area contributed by atoms with Crippen LogP contribution in [-0.4, -0.2) is 4.57 Å². The molecule has 1 nitrogen and oxygen atoms in total. The van der Waals surface area contributed by atoms with Crippen LogP contribution in [0.15, 0.2) is 42.5 Å². The van der Waals surface area contributed by atoms with Crippen molar-refractivity contribution in [1.29, 1.82) is 0 Å². The maximum Gasteiger partial charge on any atom is 0.0409 e. The predicted molar refractivity (Wildman–Crippen MR) is 88.6 cm³/mol. The molecular formula is C19H25N. The van der Waals surface area contributed by atoms with Crippen molar-refractivity contribution in [2.75, 3.05) is 0 Å². The molecule has 0 saturated heterocycles. The van der Waals surface area contributed by atoms with Crippen LogP contribution in [0.5, 0.6) is 0 Å². The van der Waals surface area contributed by atoms with Crippen molar-refractivity contribution in [2.24, 2.45) is 5.92 Å². The van der Waals surface area contributed by atoms with E-state index in [1.165, 1.54) is 36.3 Å². The standard InChI is InChI=1S/C17H19N.C2H6/c1-14-7-11-17(18(14)13-16-8-9-16)12-10-15-5-3-2-4-6-15;1-2/h2-7,10-12,16H,8-9,13H2,1H3;1-2H3/b12-10+;. The van der Waals surface area contributed by atoms with Gasteiger partial charge in [-0.2, -0.15) is 0 Å². The summed E-state index contributed by atoms with van der Waals surface area (Å²) in [6.07, 6.45) is 7.22. The number of nitrogens with zero attached hydrogens (tertiary/aromatic N) is 1. The van der Waals surface area contributed by atoms with Crippen molar-refractivity contribution in [3.05, 3.63) is 59.4 Å². The minimum atomic E-state index is 0.917. The highest BCUT2D eigenvalue weighted by Crippen LogP contribution is 2.32. The first-order valence-electron chi connectivity index (χ1n) is 7.72. The average molecular weight is 267 g/mol. The number of aromatic nitrogens is 1. The largest absolute Gasteiger partial charge is 0.345 e. The second kappa shape index (κ2) is 7.14. The third-order valence-electron chi connectivity index (χ3n) is 3.62. The van der Waals surface area contributed by atoms with Crippen molar-refractivity contribution < 1.29 is 0 Å². The van der Waals surface area contributed by atoms with E-state index in [1.54, 1.807) is 0 Å². The molecular weight excluding hydrogens is 242 g/mol. The first-order valence-corrected chi connectivity index (χ1v) is 7.72. The van der Waals surface area contributed by atoms with Crippen LogP contribution >= 0.6 is 0 Å². The monoisotopic (exact) mass is 267 g/mol. The van der Waals surface area contributed by atoms with Crippen LogP contribution in [0.4, 0.5) is 0 Å². The molecule has 1 aromatic heterocycles. The maximum atomic E-state index is 2.44. The van der Waals surface area contributed by atoms with E-state index in [-0.39, 0.29) is 0 Å². The number of hydrogen-bond donors (Lipinski definition) is 0. The fourth-order valence-corrected chi connectivity index (χ4v) is 2.29. The maximum absolute atomic E-state index is 2.44. The minimum absolute atomic E-state index is 0.917. The Kier molecular flexibility index (Phi) is 5.23. The van der Waals surface area contributed by atoms with Crippen molar-refractivity contribution >= 4 is 12.2 Å². The molecule has 2 aromatic rings. The van der Waals surface area contributed by atoms with Crippen LogP contribution in [0, 0.1) is 12.8 Å². The highest BCUT2D eigenvalue weighted by Gasteiger charge is 2.22. The molecule has 0 unspecified atom stereocenters. The normalized spacial score (nSPS) is 14.2. The molecule has 1 aromatic carbocycles. The quantitative estimate of drug-likeness (QED) is 0.698. The van der Waals surface area contributed by atoms with Gasteiger partial charge in [-0.3, -0.25) is 0 Å². The van der Waals surface area contributed by atoms with Crippen molar-refractivity contribution in [3.8, 4) is 0 Å². The summed E-state index contributed by atoms with van der Waals surface area (Å²) >= 11 is 0. The van der Waals surface area contributed by atoms with E-state index in [9.17, 15) is 0 Å². The molecule has 106 valence electrons. The van der Waals surface area contributed by atoms with Gasteiger partial charge in [-0.1, -0.05) is 50.3 Å². The van der Waals surface area contributed by atoms with Crippen molar-refractivity contribution in [3.63, 3.8) is 0 Å². The highest BCUT2D eigenvalue weighted by molar-refractivity contribution is 5.68. The van der Waals surface area contributed by atoms with E-state index in [4.69, 9.17) is 0 Å². The molecule has 1 heterocycles. The van der Waals surface area contributed by atoms with Gasteiger partial charge in [0, 0.05) is 17.9 Å². The van der Waals surface area contributed by atoms with E-state index >= 15 is 0 Å². The van der Waals surface area contributed by atoms with E-state index in [2.05, 4.69) is 66.1 Å². The summed E-state index contributed by atoms with van der Waals surface area (Å²) in [5.74, 6) is 0.917. The van der Waals surface area contributed by atoms with E-state index in [0.717, 1.165) is 5.92 Å². The Labute approximate surface area is 123 Å². The Balaban J connectivity index is 0.000000704. The van der Waals surface area contributed by atoms with Crippen LogP contribution in [0.1, 0.15) is 43.6 Å². The molecule has 0 spiro atoms. The summed E-state index contributed by atoms with van der Waals surface area (Å²) in [6, 6.07) is 14.9. The fraction of sp³-hybridized carbons (Fsp3) is 0.368. The Bertz CT molecular complexity index is 544. The van der Waals surface area contributed by atoms with Crippen LogP contribution < -0.4 is 0 Å². The average Bonchev–Trinajstić information content (AvgIpc) is 3.26. The molecule has 0 aliphatic heterocycles. The number of benzene rings is 1. The Hall–Kier alpha value is -1.76. The second-order valence-corrected chi connectivity index (χ2v) is 5.20. The third kappa shape index (κ3) is 3.86. The summed E-state index contributed by atoms with van der Waals surface area (Å²) < 4.78 is 2.44. The minimum Gasteiger partial charge on any atom is -0.345 e. The van der Waals surface area contributed by atoms with Gasteiger partial charge >= 0.3 is 0 Å². The zero-order chi connectivity index (χ0) is 14.4. The highest BCUT2D eigenvalue weighted by atomic mass is 15.0. The topological polar surface area (TPSA) is 4.93 Å². The molecule has 1 saturated carbocycles. The van der Waals surface area contributed by atoms with Gasteiger partial charge in [-0.15, -0.1) is 0 Å². The first kappa shape index (κ1) is 14.6. The molecule has 0 amide bonds. The lowest BCUT2D eigenvalue weighted by molar-refractivity contribution is 0.612. The van der Waals surface area contributed by atoms with Gasteiger partial charge < -0.3 is 4.57 Å². The lowest BCUT2D eigenvalue weighted by atomic mass is 10.2. The number of rotatable bonds is 4. The van der Waals surface area contributed by atoms with Crippen LogP contribution in [0.25, 0.3) is 12.2 Å². The Morgan fingerprint density at radius 3 is 2.35 bits per heavy atom. The smallest absolute Gasteiger partial charge is 0.0409 e. The van der Waals surface area contributed by atoms with E-state index in [0.29, 0.717) is 0 Å².